The highest BCUT2D eigenvalue weighted by Gasteiger charge is 2.21. The lowest BCUT2D eigenvalue weighted by Gasteiger charge is -2.11. The molecule has 1 fully saturated rings. The van der Waals surface area contributed by atoms with E-state index >= 15 is 0 Å². The fourth-order valence-electron chi connectivity index (χ4n) is 2.25. The summed E-state index contributed by atoms with van der Waals surface area (Å²) in [5, 5.41) is 13.4. The van der Waals surface area contributed by atoms with Gasteiger partial charge in [0.1, 0.15) is 5.82 Å². The average Bonchev–Trinajstić information content (AvgIpc) is 3.15. The molecular formula is C14H19N3O. The van der Waals surface area contributed by atoms with Crippen LogP contribution in [0.25, 0.3) is 11.0 Å². The number of aliphatic hydroxyl groups excluding tert-OH is 1. The zero-order valence-electron chi connectivity index (χ0n) is 10.6. The van der Waals surface area contributed by atoms with Gasteiger partial charge in [0.05, 0.1) is 17.1 Å². The summed E-state index contributed by atoms with van der Waals surface area (Å²) in [6.07, 6.45) is 2.74. The Balaban J connectivity index is 1.70. The van der Waals surface area contributed by atoms with Gasteiger partial charge in [-0.1, -0.05) is 12.1 Å². The Morgan fingerprint density at radius 1 is 1.44 bits per heavy atom. The van der Waals surface area contributed by atoms with Crippen LogP contribution in [0.2, 0.25) is 0 Å². The fourth-order valence-corrected chi connectivity index (χ4v) is 2.25. The van der Waals surface area contributed by atoms with E-state index in [9.17, 15) is 5.11 Å². The van der Waals surface area contributed by atoms with Crippen LogP contribution in [-0.4, -0.2) is 33.3 Å². The number of imidazole rings is 1. The predicted molar refractivity (Wildman–Crippen MR) is 71.4 cm³/mol. The second-order valence-corrected chi connectivity index (χ2v) is 5.12. The molecule has 0 bridgehead atoms. The maximum Gasteiger partial charge on any atom is 0.112 e. The van der Waals surface area contributed by atoms with Crippen LogP contribution in [0, 0.1) is 0 Å². The molecule has 0 aliphatic heterocycles. The van der Waals surface area contributed by atoms with Crippen LogP contribution < -0.4 is 5.32 Å². The molecule has 0 radical (unpaired) electrons. The van der Waals surface area contributed by atoms with Crippen molar-refractivity contribution in [1.82, 2.24) is 14.9 Å². The van der Waals surface area contributed by atoms with Gasteiger partial charge in [0.15, 0.2) is 0 Å². The van der Waals surface area contributed by atoms with Crippen LogP contribution in [0.15, 0.2) is 24.3 Å². The van der Waals surface area contributed by atoms with Gasteiger partial charge < -0.3 is 15.0 Å². The second-order valence-electron chi connectivity index (χ2n) is 5.12. The molecule has 2 N–H and O–H groups in total. The van der Waals surface area contributed by atoms with E-state index in [1.165, 1.54) is 12.8 Å². The van der Waals surface area contributed by atoms with Crippen molar-refractivity contribution in [2.75, 3.05) is 6.54 Å². The summed E-state index contributed by atoms with van der Waals surface area (Å²) in [7, 11) is 2.01. The lowest BCUT2D eigenvalue weighted by molar-refractivity contribution is 0.168. The summed E-state index contributed by atoms with van der Waals surface area (Å²) in [5.74, 6) is 0.946. The molecule has 3 rings (SSSR count). The van der Waals surface area contributed by atoms with E-state index < -0.39 is 0 Å². The molecule has 2 aromatic rings. The van der Waals surface area contributed by atoms with Crippen molar-refractivity contribution in [1.29, 1.82) is 0 Å². The molecule has 1 aliphatic rings. The van der Waals surface area contributed by atoms with Crippen molar-refractivity contribution in [2.45, 2.75) is 31.4 Å². The topological polar surface area (TPSA) is 50.1 Å². The van der Waals surface area contributed by atoms with E-state index in [2.05, 4.69) is 20.9 Å². The third kappa shape index (κ3) is 2.40. The molecule has 1 aliphatic carbocycles. The van der Waals surface area contributed by atoms with E-state index in [1.54, 1.807) is 0 Å². The van der Waals surface area contributed by atoms with Crippen molar-refractivity contribution in [3.05, 3.63) is 30.1 Å². The van der Waals surface area contributed by atoms with Crippen molar-refractivity contribution in [3.8, 4) is 0 Å². The molecule has 96 valence electrons. The molecule has 0 amide bonds. The van der Waals surface area contributed by atoms with Crippen LogP contribution >= 0.6 is 0 Å². The highest BCUT2D eigenvalue weighted by Crippen LogP contribution is 2.19. The first-order valence-electron chi connectivity index (χ1n) is 6.56. The van der Waals surface area contributed by atoms with Crippen molar-refractivity contribution < 1.29 is 5.11 Å². The molecule has 1 aromatic carbocycles. The van der Waals surface area contributed by atoms with Crippen LogP contribution in [0.3, 0.4) is 0 Å². The van der Waals surface area contributed by atoms with E-state index in [4.69, 9.17) is 0 Å². The molecule has 0 saturated heterocycles. The summed E-state index contributed by atoms with van der Waals surface area (Å²) in [5.41, 5.74) is 2.12. The predicted octanol–water partition coefficient (Wildman–Crippen LogP) is 1.23. The van der Waals surface area contributed by atoms with Gasteiger partial charge in [0.25, 0.3) is 0 Å². The van der Waals surface area contributed by atoms with Crippen LogP contribution in [-0.2, 0) is 13.5 Å². The maximum absolute atomic E-state index is 10.0. The Morgan fingerprint density at radius 3 is 2.94 bits per heavy atom. The van der Waals surface area contributed by atoms with Gasteiger partial charge in [-0.05, 0) is 25.0 Å². The molecule has 1 atom stereocenters. The van der Waals surface area contributed by atoms with Gasteiger partial charge in [-0.25, -0.2) is 4.98 Å². The van der Waals surface area contributed by atoms with Crippen LogP contribution in [0.1, 0.15) is 18.7 Å². The minimum atomic E-state index is -0.360. The SMILES string of the molecule is Cn1c(CC(O)CNC2CC2)nc2ccccc21. The first-order valence-corrected chi connectivity index (χ1v) is 6.56. The molecule has 1 saturated carbocycles. The smallest absolute Gasteiger partial charge is 0.112 e. The number of aliphatic hydroxyl groups is 1. The highest BCUT2D eigenvalue weighted by atomic mass is 16.3. The first-order chi connectivity index (χ1) is 8.74. The third-order valence-electron chi connectivity index (χ3n) is 3.52. The summed E-state index contributed by atoms with van der Waals surface area (Å²) >= 11 is 0. The number of hydrogen-bond acceptors (Lipinski definition) is 3. The lowest BCUT2D eigenvalue weighted by atomic mass is 10.2. The Morgan fingerprint density at radius 2 is 2.22 bits per heavy atom. The number of para-hydroxylation sites is 2. The van der Waals surface area contributed by atoms with Gasteiger partial charge in [0.2, 0.25) is 0 Å². The number of aromatic nitrogens is 2. The number of nitrogens with zero attached hydrogens (tertiary/aromatic N) is 2. The quantitative estimate of drug-likeness (QED) is 0.833. The molecule has 1 heterocycles. The zero-order chi connectivity index (χ0) is 12.5. The van der Waals surface area contributed by atoms with Gasteiger partial charge in [-0.15, -0.1) is 0 Å². The Kier molecular flexibility index (Phi) is 3.06. The van der Waals surface area contributed by atoms with Crippen molar-refractivity contribution in [2.24, 2.45) is 7.05 Å². The van der Waals surface area contributed by atoms with Gasteiger partial charge in [-0.3, -0.25) is 0 Å². The second kappa shape index (κ2) is 4.71. The Labute approximate surface area is 107 Å². The van der Waals surface area contributed by atoms with Crippen molar-refractivity contribution >= 4 is 11.0 Å². The summed E-state index contributed by atoms with van der Waals surface area (Å²) in [4.78, 5) is 4.57. The average molecular weight is 245 g/mol. The van der Waals surface area contributed by atoms with E-state index in [1.807, 2.05) is 25.2 Å². The number of fused-ring (bicyclic) bond motifs is 1. The fraction of sp³-hybridized carbons (Fsp3) is 0.500. The van der Waals surface area contributed by atoms with E-state index in [-0.39, 0.29) is 6.10 Å². The Hall–Kier alpha value is -1.39. The van der Waals surface area contributed by atoms with E-state index in [0.717, 1.165) is 16.9 Å². The highest BCUT2D eigenvalue weighted by molar-refractivity contribution is 5.75. The largest absolute Gasteiger partial charge is 0.391 e. The normalized spacial score (nSPS) is 17.2. The maximum atomic E-state index is 10.0. The summed E-state index contributed by atoms with van der Waals surface area (Å²) < 4.78 is 2.07. The minimum Gasteiger partial charge on any atom is -0.391 e. The molecule has 1 unspecified atom stereocenters. The Bertz CT molecular complexity index is 545. The monoisotopic (exact) mass is 245 g/mol. The number of nitrogens with one attached hydrogen (secondary N) is 1. The van der Waals surface area contributed by atoms with Gasteiger partial charge in [0, 0.05) is 26.1 Å². The van der Waals surface area contributed by atoms with E-state index in [0.29, 0.717) is 19.0 Å². The molecule has 18 heavy (non-hydrogen) atoms. The minimum absolute atomic E-state index is 0.360. The number of hydrogen-bond donors (Lipinski definition) is 2. The number of aryl methyl sites for hydroxylation is 1. The lowest BCUT2D eigenvalue weighted by Crippen LogP contribution is -2.30. The van der Waals surface area contributed by atoms with Crippen molar-refractivity contribution in [3.63, 3.8) is 0 Å². The molecule has 0 spiro atoms. The van der Waals surface area contributed by atoms with Gasteiger partial charge in [-0.2, -0.15) is 0 Å². The standard InChI is InChI=1S/C14H19N3O/c1-17-13-5-3-2-4-12(13)16-14(17)8-11(18)9-15-10-6-7-10/h2-5,10-11,15,18H,6-9H2,1H3. The number of benzene rings is 1. The molecule has 1 aromatic heterocycles. The van der Waals surface area contributed by atoms with Gasteiger partial charge >= 0.3 is 0 Å². The molecule has 4 nitrogen and oxygen atoms in total. The molecular weight excluding hydrogens is 226 g/mol. The first kappa shape index (κ1) is 11.7. The van der Waals surface area contributed by atoms with Crippen LogP contribution in [0.4, 0.5) is 0 Å². The number of rotatable bonds is 5. The van der Waals surface area contributed by atoms with Crippen LogP contribution in [0.5, 0.6) is 0 Å². The summed E-state index contributed by atoms with van der Waals surface area (Å²) in [6.45, 7) is 0.661. The molecule has 4 heteroatoms. The summed E-state index contributed by atoms with van der Waals surface area (Å²) in [6, 6.07) is 8.71. The zero-order valence-corrected chi connectivity index (χ0v) is 10.6. The third-order valence-corrected chi connectivity index (χ3v) is 3.52.